The average Bonchev–Trinajstić information content (AvgIpc) is 2.84. The van der Waals surface area contributed by atoms with E-state index in [9.17, 15) is 19.7 Å². The van der Waals surface area contributed by atoms with E-state index < -0.39 is 10.8 Å². The highest BCUT2D eigenvalue weighted by molar-refractivity contribution is 7.80. The number of nitrogens with one attached hydrogen (secondary N) is 2. The Balaban J connectivity index is 1.54. The van der Waals surface area contributed by atoms with Gasteiger partial charge in [-0.25, -0.2) is 0 Å². The average molecular weight is 486 g/mol. The van der Waals surface area contributed by atoms with Crippen LogP contribution in [0.4, 0.5) is 17.1 Å². The van der Waals surface area contributed by atoms with Gasteiger partial charge in [0, 0.05) is 55.6 Å². The summed E-state index contributed by atoms with van der Waals surface area (Å²) in [4.78, 5) is 39.2. The van der Waals surface area contributed by atoms with E-state index in [2.05, 4.69) is 15.5 Å². The zero-order chi connectivity index (χ0) is 24.7. The topological polar surface area (TPSA) is 117 Å². The fraction of sp³-hybridized carbons (Fsp3) is 0.348. The number of thiocarbonyl (C=S) groups is 1. The Kier molecular flexibility index (Phi) is 8.36. The van der Waals surface area contributed by atoms with Crippen LogP contribution in [0.15, 0.2) is 42.5 Å². The van der Waals surface area contributed by atoms with Gasteiger partial charge in [0.2, 0.25) is 5.91 Å². The third-order valence-electron chi connectivity index (χ3n) is 5.45. The monoisotopic (exact) mass is 485 g/mol. The first kappa shape index (κ1) is 24.9. The molecule has 1 saturated heterocycles. The van der Waals surface area contributed by atoms with Crippen molar-refractivity contribution in [3.63, 3.8) is 0 Å². The molecule has 1 aliphatic heterocycles. The Hall–Kier alpha value is -3.73. The standard InChI is InChI=1S/C23H27N5O5S/c1-3-4-21(29)27-13-11-26(12-14-27)18-8-6-17(7-9-18)24-23(34)25-22(30)16-5-10-20(33-2)19(15-16)28(31)32/h5-10,15H,3-4,11-14H2,1-2H3,(H2,24,25,30,34). The molecule has 2 aromatic rings. The van der Waals surface area contributed by atoms with Gasteiger partial charge in [-0.15, -0.1) is 0 Å². The second kappa shape index (κ2) is 11.4. The van der Waals surface area contributed by atoms with Crippen LogP contribution in [0.5, 0.6) is 5.75 Å². The molecule has 2 amide bonds. The molecule has 0 spiro atoms. The second-order valence-electron chi connectivity index (χ2n) is 7.72. The van der Waals surface area contributed by atoms with Crippen LogP contribution < -0.4 is 20.3 Å². The van der Waals surface area contributed by atoms with E-state index in [1.165, 1.54) is 19.2 Å². The number of anilines is 2. The maximum absolute atomic E-state index is 12.5. The number of rotatable bonds is 7. The SMILES string of the molecule is CCCC(=O)N1CCN(c2ccc(NC(=S)NC(=O)c3ccc(OC)c([N+](=O)[O-])c3)cc2)CC1. The number of amides is 2. The smallest absolute Gasteiger partial charge is 0.311 e. The van der Waals surface area contributed by atoms with Crippen molar-refractivity contribution in [2.24, 2.45) is 0 Å². The Morgan fingerprint density at radius 1 is 1.12 bits per heavy atom. The highest BCUT2D eigenvalue weighted by atomic mass is 32.1. The molecule has 1 fully saturated rings. The summed E-state index contributed by atoms with van der Waals surface area (Å²) in [6, 6.07) is 11.5. The van der Waals surface area contributed by atoms with Gasteiger partial charge in [-0.05, 0) is 55.0 Å². The first-order valence-corrected chi connectivity index (χ1v) is 11.3. The van der Waals surface area contributed by atoms with Gasteiger partial charge in [-0.3, -0.25) is 25.0 Å². The van der Waals surface area contributed by atoms with Crippen LogP contribution >= 0.6 is 12.2 Å². The highest BCUT2D eigenvalue weighted by Crippen LogP contribution is 2.27. The van der Waals surface area contributed by atoms with E-state index in [4.69, 9.17) is 17.0 Å². The largest absolute Gasteiger partial charge is 0.490 e. The van der Waals surface area contributed by atoms with E-state index in [0.29, 0.717) is 25.2 Å². The summed E-state index contributed by atoms with van der Waals surface area (Å²) in [6.45, 7) is 4.96. The molecule has 3 rings (SSSR count). The van der Waals surface area contributed by atoms with Gasteiger partial charge in [0.1, 0.15) is 0 Å². The minimum atomic E-state index is -0.614. The molecule has 11 heteroatoms. The van der Waals surface area contributed by atoms with E-state index in [0.717, 1.165) is 31.3 Å². The summed E-state index contributed by atoms with van der Waals surface area (Å²) in [5, 5.41) is 16.7. The van der Waals surface area contributed by atoms with Crippen LogP contribution in [0.3, 0.4) is 0 Å². The molecule has 180 valence electrons. The normalized spacial score (nSPS) is 13.2. The van der Waals surface area contributed by atoms with Crippen LogP contribution in [0.2, 0.25) is 0 Å². The predicted octanol–water partition coefficient (Wildman–Crippen LogP) is 3.18. The molecule has 0 radical (unpaired) electrons. The molecule has 34 heavy (non-hydrogen) atoms. The summed E-state index contributed by atoms with van der Waals surface area (Å²) < 4.78 is 4.95. The number of nitrogens with zero attached hydrogens (tertiary/aromatic N) is 3. The number of nitro groups is 1. The lowest BCUT2D eigenvalue weighted by atomic mass is 10.1. The van der Waals surface area contributed by atoms with Crippen molar-refractivity contribution in [3.05, 3.63) is 58.1 Å². The van der Waals surface area contributed by atoms with Gasteiger partial charge in [-0.2, -0.15) is 0 Å². The Labute approximate surface area is 203 Å². The van der Waals surface area contributed by atoms with Crippen molar-refractivity contribution in [2.75, 3.05) is 43.5 Å². The van der Waals surface area contributed by atoms with Gasteiger partial charge in [0.15, 0.2) is 10.9 Å². The van der Waals surface area contributed by atoms with Crippen LogP contribution in [0.25, 0.3) is 0 Å². The van der Waals surface area contributed by atoms with Crippen molar-refractivity contribution in [1.29, 1.82) is 0 Å². The number of benzene rings is 2. The summed E-state index contributed by atoms with van der Waals surface area (Å²) in [5.41, 5.74) is 1.50. The number of methoxy groups -OCH3 is 1. The van der Waals surface area contributed by atoms with Gasteiger partial charge in [0.05, 0.1) is 12.0 Å². The molecule has 0 saturated carbocycles. The van der Waals surface area contributed by atoms with Gasteiger partial charge in [-0.1, -0.05) is 6.92 Å². The van der Waals surface area contributed by atoms with Crippen molar-refractivity contribution in [3.8, 4) is 5.75 Å². The first-order chi connectivity index (χ1) is 16.3. The lowest BCUT2D eigenvalue weighted by molar-refractivity contribution is -0.385. The molecule has 0 bridgehead atoms. The summed E-state index contributed by atoms with van der Waals surface area (Å²) in [5.74, 6) is -0.298. The number of carbonyl (C=O) groups excluding carboxylic acids is 2. The summed E-state index contributed by atoms with van der Waals surface area (Å²) >= 11 is 5.21. The van der Waals surface area contributed by atoms with Crippen LogP contribution in [-0.4, -0.2) is 60.0 Å². The number of piperazine rings is 1. The maximum atomic E-state index is 12.5. The fourth-order valence-corrected chi connectivity index (χ4v) is 3.86. The van der Waals surface area contributed by atoms with Gasteiger partial charge < -0.3 is 19.9 Å². The van der Waals surface area contributed by atoms with Crippen molar-refractivity contribution in [1.82, 2.24) is 10.2 Å². The quantitative estimate of drug-likeness (QED) is 0.349. The Morgan fingerprint density at radius 2 is 1.79 bits per heavy atom. The molecule has 0 aliphatic carbocycles. The van der Waals surface area contributed by atoms with Crippen LogP contribution in [-0.2, 0) is 4.79 Å². The number of carbonyl (C=O) groups is 2. The maximum Gasteiger partial charge on any atom is 0.311 e. The van der Waals surface area contributed by atoms with Crippen molar-refractivity contribution in [2.45, 2.75) is 19.8 Å². The second-order valence-corrected chi connectivity index (χ2v) is 8.12. The van der Waals surface area contributed by atoms with E-state index >= 15 is 0 Å². The molecular formula is C23H27N5O5S. The number of nitro benzene ring substituents is 1. The zero-order valence-electron chi connectivity index (χ0n) is 19.1. The Morgan fingerprint density at radius 3 is 2.38 bits per heavy atom. The first-order valence-electron chi connectivity index (χ1n) is 10.9. The molecule has 0 atom stereocenters. The van der Waals surface area contributed by atoms with Crippen LogP contribution in [0, 0.1) is 10.1 Å². The lowest BCUT2D eigenvalue weighted by Crippen LogP contribution is -2.48. The van der Waals surface area contributed by atoms with E-state index in [-0.39, 0.29) is 28.0 Å². The van der Waals surface area contributed by atoms with Crippen molar-refractivity contribution < 1.29 is 19.2 Å². The molecular weight excluding hydrogens is 458 g/mol. The minimum Gasteiger partial charge on any atom is -0.490 e. The van der Waals surface area contributed by atoms with Crippen molar-refractivity contribution >= 4 is 46.2 Å². The molecule has 1 aliphatic rings. The highest BCUT2D eigenvalue weighted by Gasteiger charge is 2.21. The molecule has 0 aromatic heterocycles. The molecule has 1 heterocycles. The van der Waals surface area contributed by atoms with Gasteiger partial charge >= 0.3 is 5.69 Å². The van der Waals surface area contributed by atoms with Gasteiger partial charge in [0.25, 0.3) is 5.91 Å². The molecule has 0 unspecified atom stereocenters. The molecule has 10 nitrogen and oxygen atoms in total. The third kappa shape index (κ3) is 6.19. The number of hydrogen-bond donors (Lipinski definition) is 2. The fourth-order valence-electron chi connectivity index (χ4n) is 3.65. The third-order valence-corrected chi connectivity index (χ3v) is 5.66. The lowest BCUT2D eigenvalue weighted by Gasteiger charge is -2.36. The molecule has 2 aromatic carbocycles. The zero-order valence-corrected chi connectivity index (χ0v) is 19.9. The van der Waals surface area contributed by atoms with E-state index in [1.807, 2.05) is 36.1 Å². The number of hydrogen-bond acceptors (Lipinski definition) is 7. The molecule has 2 N–H and O–H groups in total. The minimum absolute atomic E-state index is 0.0660. The van der Waals surface area contributed by atoms with E-state index in [1.54, 1.807) is 0 Å². The Bertz CT molecular complexity index is 1070. The summed E-state index contributed by atoms with van der Waals surface area (Å²) in [7, 11) is 1.32. The van der Waals surface area contributed by atoms with Crippen LogP contribution in [0.1, 0.15) is 30.1 Å². The summed E-state index contributed by atoms with van der Waals surface area (Å²) in [6.07, 6.45) is 1.45. The predicted molar refractivity (Wildman–Crippen MR) is 133 cm³/mol. The number of ether oxygens (including phenoxy) is 1.